The van der Waals surface area contributed by atoms with Crippen LogP contribution in [0.5, 0.6) is 0 Å². The normalized spacial score (nSPS) is 11.5. The van der Waals surface area contributed by atoms with Gasteiger partial charge in [0.05, 0.1) is 0 Å². The predicted octanol–water partition coefficient (Wildman–Crippen LogP) is 6.08. The van der Waals surface area contributed by atoms with E-state index in [-0.39, 0.29) is 5.54 Å². The van der Waals surface area contributed by atoms with Crippen LogP contribution < -0.4 is 9.88 Å². The fraction of sp³-hybridized carbons (Fsp3) is 0.286. The minimum Gasteiger partial charge on any atom is -0.367 e. The molecule has 0 fully saturated rings. The fourth-order valence-electron chi connectivity index (χ4n) is 2.67. The zero-order valence-corrected chi connectivity index (χ0v) is 16.9. The van der Waals surface area contributed by atoms with E-state index in [0.29, 0.717) is 0 Å². The molecular weight excluding hydrogens is 344 g/mol. The number of nitrogens with one attached hydrogen (secondary N) is 1. The van der Waals surface area contributed by atoms with Crippen molar-refractivity contribution in [2.75, 3.05) is 5.32 Å². The third-order valence-corrected chi connectivity index (χ3v) is 5.99. The van der Waals surface area contributed by atoms with Crippen molar-refractivity contribution in [2.45, 2.75) is 49.0 Å². The topological polar surface area (TPSA) is 15.9 Å². The number of thiazole rings is 1. The molecule has 2 aromatic carbocycles. The van der Waals surface area contributed by atoms with Crippen LogP contribution in [-0.2, 0) is 6.54 Å². The Morgan fingerprint density at radius 1 is 0.960 bits per heavy atom. The van der Waals surface area contributed by atoms with Crippen molar-refractivity contribution in [3.05, 3.63) is 60.7 Å². The number of hydrogen-bond acceptors (Lipinski definition) is 3. The molecule has 1 aromatic heterocycles. The van der Waals surface area contributed by atoms with Crippen LogP contribution in [-0.4, -0.2) is 5.54 Å². The summed E-state index contributed by atoms with van der Waals surface area (Å²) in [6.07, 6.45) is 0. The monoisotopic (exact) mass is 369 g/mol. The van der Waals surface area contributed by atoms with Gasteiger partial charge < -0.3 is 5.32 Å². The van der Waals surface area contributed by atoms with Crippen molar-refractivity contribution in [1.82, 2.24) is 0 Å². The number of nitrogens with zero attached hydrogens (tertiary/aromatic N) is 1. The van der Waals surface area contributed by atoms with Crippen LogP contribution in [0.15, 0.2) is 69.9 Å². The van der Waals surface area contributed by atoms with Gasteiger partial charge in [0.25, 0.3) is 0 Å². The van der Waals surface area contributed by atoms with Crippen molar-refractivity contribution in [3.63, 3.8) is 0 Å². The Labute approximate surface area is 158 Å². The molecule has 0 amide bonds. The maximum Gasteiger partial charge on any atom is 0.304 e. The van der Waals surface area contributed by atoms with E-state index >= 15 is 0 Å². The fourth-order valence-corrected chi connectivity index (χ4v) is 5.38. The van der Waals surface area contributed by atoms with Gasteiger partial charge in [-0.2, -0.15) is 4.57 Å². The molecule has 1 N–H and O–H groups in total. The van der Waals surface area contributed by atoms with Gasteiger partial charge in [0, 0.05) is 16.0 Å². The summed E-state index contributed by atoms with van der Waals surface area (Å²) in [7, 11) is 0. The summed E-state index contributed by atoms with van der Waals surface area (Å²) in [5.41, 5.74) is 2.56. The summed E-state index contributed by atoms with van der Waals surface area (Å²) < 4.78 is 3.73. The Hall–Kier alpha value is -1.78. The van der Waals surface area contributed by atoms with Crippen LogP contribution in [0.3, 0.4) is 0 Å². The van der Waals surface area contributed by atoms with Gasteiger partial charge in [-0.1, -0.05) is 36.4 Å². The molecule has 0 aliphatic heterocycles. The summed E-state index contributed by atoms with van der Waals surface area (Å²) in [6.45, 7) is 9.79. The lowest BCUT2D eigenvalue weighted by Gasteiger charge is -2.20. The van der Waals surface area contributed by atoms with Gasteiger partial charge in [-0.3, -0.25) is 0 Å². The highest BCUT2D eigenvalue weighted by molar-refractivity contribution is 8.01. The van der Waals surface area contributed by atoms with E-state index in [1.807, 2.05) is 23.1 Å². The summed E-state index contributed by atoms with van der Waals surface area (Å²) in [5, 5.41) is 4.95. The highest BCUT2D eigenvalue weighted by Crippen LogP contribution is 2.39. The largest absolute Gasteiger partial charge is 0.367 e. The van der Waals surface area contributed by atoms with Gasteiger partial charge in [-0.15, -0.1) is 0 Å². The number of rotatable bonds is 5. The van der Waals surface area contributed by atoms with E-state index in [2.05, 4.69) is 98.2 Å². The van der Waals surface area contributed by atoms with E-state index in [4.69, 9.17) is 0 Å². The molecule has 0 radical (unpaired) electrons. The molecule has 0 bridgehead atoms. The van der Waals surface area contributed by atoms with Gasteiger partial charge in [0.2, 0.25) is 5.69 Å². The molecule has 3 aromatic rings. The molecule has 0 aliphatic carbocycles. The predicted molar refractivity (Wildman–Crippen MR) is 110 cm³/mol. The molecule has 130 valence electrons. The Morgan fingerprint density at radius 3 is 2.12 bits per heavy atom. The third kappa shape index (κ3) is 4.44. The molecule has 0 aliphatic rings. The second-order valence-corrected chi connectivity index (χ2v) is 9.27. The second kappa shape index (κ2) is 7.63. The van der Waals surface area contributed by atoms with Crippen molar-refractivity contribution >= 4 is 28.1 Å². The number of benzene rings is 2. The minimum atomic E-state index is 0.0225. The maximum atomic E-state index is 3.71. The Kier molecular flexibility index (Phi) is 5.50. The van der Waals surface area contributed by atoms with Crippen molar-refractivity contribution < 1.29 is 4.57 Å². The molecule has 0 saturated carbocycles. The smallest absolute Gasteiger partial charge is 0.304 e. The lowest BCUT2D eigenvalue weighted by atomic mass is 10.1. The molecule has 0 spiro atoms. The van der Waals surface area contributed by atoms with Gasteiger partial charge in [-0.05, 0) is 75.1 Å². The average molecular weight is 370 g/mol. The molecule has 0 atom stereocenters. The Morgan fingerprint density at radius 2 is 1.56 bits per heavy atom. The molecule has 0 unspecified atom stereocenters. The van der Waals surface area contributed by atoms with Crippen molar-refractivity contribution in [3.8, 4) is 11.3 Å². The van der Waals surface area contributed by atoms with E-state index in [9.17, 15) is 0 Å². The van der Waals surface area contributed by atoms with Gasteiger partial charge in [0.15, 0.2) is 5.00 Å². The standard InChI is InChI=1S/C21H25N2S2/c1-5-23-18(16-12-8-6-9-13-16)19(22-21(2,3)4)25-20(23)24-17-14-10-7-11-15-17/h6-15,22H,5H2,1-4H3/q+1. The van der Waals surface area contributed by atoms with E-state index in [0.717, 1.165) is 6.54 Å². The van der Waals surface area contributed by atoms with Crippen LogP contribution in [0.4, 0.5) is 5.00 Å². The molecule has 0 saturated heterocycles. The Balaban J connectivity index is 2.10. The first-order chi connectivity index (χ1) is 12.0. The SMILES string of the molecule is CC[n+]1c(Sc2ccccc2)sc(NC(C)(C)C)c1-c1ccccc1. The quantitative estimate of drug-likeness (QED) is 0.548. The summed E-state index contributed by atoms with van der Waals surface area (Å²) in [6, 6.07) is 21.3. The Bertz CT molecular complexity index is 818. The zero-order chi connectivity index (χ0) is 17.9. The van der Waals surface area contributed by atoms with Crippen LogP contribution in [0.1, 0.15) is 27.7 Å². The molecular formula is C21H25N2S2+. The lowest BCUT2D eigenvalue weighted by Crippen LogP contribution is -2.35. The molecule has 1 heterocycles. The second-order valence-electron chi connectivity index (χ2n) is 6.95. The summed E-state index contributed by atoms with van der Waals surface area (Å²) >= 11 is 3.68. The first kappa shape index (κ1) is 18.0. The zero-order valence-electron chi connectivity index (χ0n) is 15.2. The molecule has 3 rings (SSSR count). The first-order valence-electron chi connectivity index (χ1n) is 8.61. The maximum absolute atomic E-state index is 3.71. The van der Waals surface area contributed by atoms with E-state index in [1.54, 1.807) is 0 Å². The summed E-state index contributed by atoms with van der Waals surface area (Å²) in [4.78, 5) is 1.27. The van der Waals surface area contributed by atoms with Gasteiger partial charge >= 0.3 is 4.34 Å². The van der Waals surface area contributed by atoms with Crippen LogP contribution in [0.2, 0.25) is 0 Å². The minimum absolute atomic E-state index is 0.0225. The van der Waals surface area contributed by atoms with Crippen molar-refractivity contribution in [1.29, 1.82) is 0 Å². The molecule has 25 heavy (non-hydrogen) atoms. The van der Waals surface area contributed by atoms with Gasteiger partial charge in [-0.25, -0.2) is 0 Å². The van der Waals surface area contributed by atoms with Gasteiger partial charge in [0.1, 0.15) is 6.54 Å². The lowest BCUT2D eigenvalue weighted by molar-refractivity contribution is -0.712. The van der Waals surface area contributed by atoms with Crippen LogP contribution in [0, 0.1) is 0 Å². The highest BCUT2D eigenvalue weighted by Gasteiger charge is 2.29. The average Bonchev–Trinajstić information content (AvgIpc) is 2.91. The molecule has 2 nitrogen and oxygen atoms in total. The summed E-state index contributed by atoms with van der Waals surface area (Å²) in [5.74, 6) is 0. The number of hydrogen-bond donors (Lipinski definition) is 1. The van der Waals surface area contributed by atoms with Crippen LogP contribution in [0.25, 0.3) is 11.3 Å². The molecule has 4 heteroatoms. The highest BCUT2D eigenvalue weighted by atomic mass is 32.2. The van der Waals surface area contributed by atoms with E-state index in [1.165, 1.54) is 25.5 Å². The van der Waals surface area contributed by atoms with Crippen molar-refractivity contribution in [2.24, 2.45) is 0 Å². The number of anilines is 1. The van der Waals surface area contributed by atoms with E-state index < -0.39 is 0 Å². The number of aromatic nitrogens is 1. The first-order valence-corrected chi connectivity index (χ1v) is 10.2. The van der Waals surface area contributed by atoms with Crippen LogP contribution >= 0.6 is 23.1 Å². The third-order valence-electron chi connectivity index (χ3n) is 3.70.